The average molecular weight is 391 g/mol. The Balaban J connectivity index is 1.50. The Kier molecular flexibility index (Phi) is 5.46. The van der Waals surface area contributed by atoms with Gasteiger partial charge >= 0.3 is 0 Å². The number of aromatic nitrogens is 3. The molecule has 1 aromatic heterocycles. The van der Waals surface area contributed by atoms with Crippen LogP contribution >= 0.6 is 0 Å². The first-order chi connectivity index (χ1) is 14.2. The van der Waals surface area contributed by atoms with Crippen LogP contribution in [-0.2, 0) is 19.5 Å². The smallest absolute Gasteiger partial charge is 0.244 e. The van der Waals surface area contributed by atoms with Gasteiger partial charge in [-0.15, -0.1) is 5.10 Å². The van der Waals surface area contributed by atoms with Crippen molar-refractivity contribution in [2.45, 2.75) is 26.4 Å². The van der Waals surface area contributed by atoms with Gasteiger partial charge in [0.1, 0.15) is 0 Å². The number of methoxy groups -OCH3 is 2. The molecule has 3 aromatic rings. The topological polar surface area (TPSA) is 72.4 Å². The maximum atomic E-state index is 5.45. The second-order valence-corrected chi connectivity index (χ2v) is 7.07. The second-order valence-electron chi connectivity index (χ2n) is 7.07. The van der Waals surface area contributed by atoms with Crippen molar-refractivity contribution in [1.29, 1.82) is 0 Å². The number of anilines is 2. The number of fused-ring (bicyclic) bond motifs is 1. The number of benzene rings is 2. The molecule has 0 saturated heterocycles. The molecule has 2 heterocycles. The minimum atomic E-state index is 0.531. The predicted octanol–water partition coefficient (Wildman–Crippen LogP) is 3.37. The summed E-state index contributed by atoms with van der Waals surface area (Å²) >= 11 is 0. The van der Waals surface area contributed by atoms with E-state index in [1.165, 1.54) is 22.3 Å². The third kappa shape index (κ3) is 4.08. The van der Waals surface area contributed by atoms with E-state index in [0.29, 0.717) is 12.5 Å². The molecule has 0 aliphatic carbocycles. The SMILES string of the molecule is COc1cc2c(cc1OC)CN(c1cnnc(NCc3ccccc3C)n1)CC2. The highest BCUT2D eigenvalue weighted by Gasteiger charge is 2.21. The van der Waals surface area contributed by atoms with Crippen molar-refractivity contribution in [3.63, 3.8) is 0 Å². The average Bonchev–Trinajstić information content (AvgIpc) is 2.77. The van der Waals surface area contributed by atoms with Crippen molar-refractivity contribution in [3.05, 3.63) is 64.8 Å². The lowest BCUT2D eigenvalue weighted by atomic mass is 9.99. The Morgan fingerprint density at radius 1 is 1.07 bits per heavy atom. The molecule has 150 valence electrons. The minimum absolute atomic E-state index is 0.531. The number of nitrogens with one attached hydrogen (secondary N) is 1. The number of rotatable bonds is 6. The molecule has 0 bridgehead atoms. The van der Waals surface area contributed by atoms with Gasteiger partial charge in [0.2, 0.25) is 5.95 Å². The summed E-state index contributed by atoms with van der Waals surface area (Å²) in [7, 11) is 3.32. The van der Waals surface area contributed by atoms with Crippen LogP contribution in [0.4, 0.5) is 11.8 Å². The van der Waals surface area contributed by atoms with Crippen molar-refractivity contribution in [2.24, 2.45) is 0 Å². The first kappa shape index (κ1) is 19.0. The molecule has 1 aliphatic heterocycles. The van der Waals surface area contributed by atoms with Crippen molar-refractivity contribution < 1.29 is 9.47 Å². The summed E-state index contributed by atoms with van der Waals surface area (Å²) in [6, 6.07) is 12.4. The van der Waals surface area contributed by atoms with Crippen LogP contribution in [-0.4, -0.2) is 35.9 Å². The summed E-state index contributed by atoms with van der Waals surface area (Å²) in [5, 5.41) is 11.6. The van der Waals surface area contributed by atoms with E-state index in [9.17, 15) is 0 Å². The van der Waals surface area contributed by atoms with E-state index in [4.69, 9.17) is 9.47 Å². The number of ether oxygens (including phenoxy) is 2. The molecule has 4 rings (SSSR count). The lowest BCUT2D eigenvalue weighted by molar-refractivity contribution is 0.353. The highest BCUT2D eigenvalue weighted by atomic mass is 16.5. The fourth-order valence-electron chi connectivity index (χ4n) is 3.58. The second kappa shape index (κ2) is 8.34. The molecule has 7 nitrogen and oxygen atoms in total. The van der Waals surface area contributed by atoms with Gasteiger partial charge in [-0.2, -0.15) is 10.1 Å². The van der Waals surface area contributed by atoms with E-state index < -0.39 is 0 Å². The molecule has 0 amide bonds. The van der Waals surface area contributed by atoms with Gasteiger partial charge in [0.15, 0.2) is 17.3 Å². The Bertz CT molecular complexity index is 1010. The molecule has 0 fully saturated rings. The van der Waals surface area contributed by atoms with E-state index in [0.717, 1.165) is 36.8 Å². The van der Waals surface area contributed by atoms with Crippen molar-refractivity contribution in [3.8, 4) is 11.5 Å². The molecule has 29 heavy (non-hydrogen) atoms. The van der Waals surface area contributed by atoms with Crippen molar-refractivity contribution in [2.75, 3.05) is 31.0 Å². The highest BCUT2D eigenvalue weighted by molar-refractivity contribution is 5.52. The molecule has 0 saturated carbocycles. The highest BCUT2D eigenvalue weighted by Crippen LogP contribution is 2.34. The maximum absolute atomic E-state index is 5.45. The Morgan fingerprint density at radius 2 is 1.83 bits per heavy atom. The third-order valence-electron chi connectivity index (χ3n) is 5.29. The maximum Gasteiger partial charge on any atom is 0.244 e. The number of nitrogens with zero attached hydrogens (tertiary/aromatic N) is 4. The molecule has 0 atom stereocenters. The third-order valence-corrected chi connectivity index (χ3v) is 5.29. The Labute approximate surface area is 170 Å². The van der Waals surface area contributed by atoms with E-state index in [1.807, 2.05) is 18.2 Å². The summed E-state index contributed by atoms with van der Waals surface area (Å²) in [5.41, 5.74) is 4.94. The number of hydrogen-bond donors (Lipinski definition) is 1. The van der Waals surface area contributed by atoms with Crippen LogP contribution in [0.15, 0.2) is 42.6 Å². The summed E-state index contributed by atoms with van der Waals surface area (Å²) in [6.45, 7) is 4.36. The molecular formula is C22H25N5O2. The summed E-state index contributed by atoms with van der Waals surface area (Å²) in [4.78, 5) is 6.89. The van der Waals surface area contributed by atoms with Gasteiger partial charge < -0.3 is 19.7 Å². The zero-order valence-electron chi connectivity index (χ0n) is 17.0. The van der Waals surface area contributed by atoms with Gasteiger partial charge in [-0.3, -0.25) is 0 Å². The summed E-state index contributed by atoms with van der Waals surface area (Å²) < 4.78 is 10.9. The van der Waals surface area contributed by atoms with Crippen LogP contribution in [0.5, 0.6) is 11.5 Å². The van der Waals surface area contributed by atoms with Gasteiger partial charge in [-0.1, -0.05) is 24.3 Å². The number of aryl methyl sites for hydroxylation is 1. The van der Waals surface area contributed by atoms with Crippen LogP contribution in [0, 0.1) is 6.92 Å². The molecule has 1 aliphatic rings. The van der Waals surface area contributed by atoms with Crippen LogP contribution in [0.1, 0.15) is 22.3 Å². The van der Waals surface area contributed by atoms with Gasteiger partial charge in [0.05, 0.1) is 20.4 Å². The van der Waals surface area contributed by atoms with Crippen molar-refractivity contribution in [1.82, 2.24) is 15.2 Å². The van der Waals surface area contributed by atoms with E-state index in [1.54, 1.807) is 20.4 Å². The van der Waals surface area contributed by atoms with E-state index >= 15 is 0 Å². The minimum Gasteiger partial charge on any atom is -0.493 e. The van der Waals surface area contributed by atoms with E-state index in [2.05, 4.69) is 50.5 Å². The van der Waals surface area contributed by atoms with Gasteiger partial charge in [0.25, 0.3) is 0 Å². The predicted molar refractivity (Wildman–Crippen MR) is 113 cm³/mol. The van der Waals surface area contributed by atoms with Crippen LogP contribution < -0.4 is 19.7 Å². The number of hydrogen-bond acceptors (Lipinski definition) is 7. The first-order valence-electron chi connectivity index (χ1n) is 9.64. The van der Waals surface area contributed by atoms with Crippen LogP contribution in [0.2, 0.25) is 0 Å². The Morgan fingerprint density at radius 3 is 2.59 bits per heavy atom. The van der Waals surface area contributed by atoms with Gasteiger partial charge in [-0.25, -0.2) is 0 Å². The van der Waals surface area contributed by atoms with Crippen LogP contribution in [0.3, 0.4) is 0 Å². The van der Waals surface area contributed by atoms with Crippen LogP contribution in [0.25, 0.3) is 0 Å². The fraction of sp³-hybridized carbons (Fsp3) is 0.318. The van der Waals surface area contributed by atoms with Gasteiger partial charge in [-0.05, 0) is 47.7 Å². The van der Waals surface area contributed by atoms with Crippen molar-refractivity contribution >= 4 is 11.8 Å². The largest absolute Gasteiger partial charge is 0.493 e. The normalized spacial score (nSPS) is 13.0. The molecule has 2 aromatic carbocycles. The zero-order chi connectivity index (χ0) is 20.2. The molecule has 0 unspecified atom stereocenters. The fourth-order valence-corrected chi connectivity index (χ4v) is 3.58. The standard InChI is InChI=1S/C22H25N5O2/c1-15-6-4-5-7-17(15)12-23-22-25-21(13-24-26-22)27-9-8-16-10-19(28-2)20(29-3)11-18(16)14-27/h4-7,10-11,13H,8-9,12,14H2,1-3H3,(H,23,25,26). The summed E-state index contributed by atoms with van der Waals surface area (Å²) in [5.74, 6) is 2.86. The molecule has 0 spiro atoms. The first-order valence-corrected chi connectivity index (χ1v) is 9.64. The zero-order valence-corrected chi connectivity index (χ0v) is 17.0. The Hall–Kier alpha value is -3.35. The lowest BCUT2D eigenvalue weighted by Gasteiger charge is -2.30. The molecule has 0 radical (unpaired) electrons. The lowest BCUT2D eigenvalue weighted by Crippen LogP contribution is -2.31. The molecule has 7 heteroatoms. The quantitative estimate of drug-likeness (QED) is 0.691. The molecule has 1 N–H and O–H groups in total. The molecular weight excluding hydrogens is 366 g/mol. The van der Waals surface area contributed by atoms with E-state index in [-0.39, 0.29) is 0 Å². The summed E-state index contributed by atoms with van der Waals surface area (Å²) in [6.07, 6.45) is 2.62. The van der Waals surface area contributed by atoms with Gasteiger partial charge in [0, 0.05) is 19.6 Å². The monoisotopic (exact) mass is 391 g/mol.